The summed E-state index contributed by atoms with van der Waals surface area (Å²) in [6.45, 7) is 2.94. The molecule has 0 spiro atoms. The van der Waals surface area contributed by atoms with E-state index in [0.29, 0.717) is 17.3 Å². The number of aromatic amines is 1. The van der Waals surface area contributed by atoms with Crippen LogP contribution in [0.4, 0.5) is 10.5 Å². The number of piperidine rings is 1. The molecule has 8 heteroatoms. The third-order valence-electron chi connectivity index (χ3n) is 5.63. The van der Waals surface area contributed by atoms with Gasteiger partial charge in [0.1, 0.15) is 0 Å². The maximum absolute atomic E-state index is 12.6. The average molecular weight is 441 g/mol. The number of nitrogens with one attached hydrogen (secondary N) is 2. The van der Waals surface area contributed by atoms with Crippen LogP contribution in [0.15, 0.2) is 48.7 Å². The zero-order valence-corrected chi connectivity index (χ0v) is 17.9. The largest absolute Gasteiger partial charge is 0.449 e. The normalized spacial score (nSPS) is 15.1. The number of rotatable bonds is 7. The van der Waals surface area contributed by atoms with Gasteiger partial charge >= 0.3 is 6.09 Å². The number of amides is 1. The molecule has 0 unspecified atom stereocenters. The molecule has 3 aromatic rings. The Balaban J connectivity index is 1.13. The van der Waals surface area contributed by atoms with Crippen LogP contribution < -0.4 is 5.32 Å². The third-order valence-corrected chi connectivity index (χ3v) is 5.88. The molecule has 2 N–H and O–H groups in total. The van der Waals surface area contributed by atoms with Crippen LogP contribution in [0.5, 0.6) is 0 Å². The lowest BCUT2D eigenvalue weighted by molar-refractivity contribution is 0.0830. The van der Waals surface area contributed by atoms with Crippen LogP contribution in [0.1, 0.15) is 29.6 Å². The number of halogens is 1. The highest BCUT2D eigenvalue weighted by Crippen LogP contribution is 2.23. The molecule has 1 saturated heterocycles. The fourth-order valence-corrected chi connectivity index (χ4v) is 4.02. The zero-order valence-electron chi connectivity index (χ0n) is 17.1. The Kier molecular flexibility index (Phi) is 6.84. The van der Waals surface area contributed by atoms with Gasteiger partial charge in [-0.25, -0.2) is 4.79 Å². The first-order chi connectivity index (χ1) is 15.1. The first-order valence-corrected chi connectivity index (χ1v) is 10.9. The summed E-state index contributed by atoms with van der Waals surface area (Å²) >= 11 is 5.90. The number of anilines is 1. The van der Waals surface area contributed by atoms with Crippen molar-refractivity contribution in [1.82, 2.24) is 15.1 Å². The van der Waals surface area contributed by atoms with E-state index in [1.54, 1.807) is 30.5 Å². The van der Waals surface area contributed by atoms with Gasteiger partial charge in [-0.3, -0.25) is 15.2 Å². The predicted octanol–water partition coefficient (Wildman–Crippen LogP) is 4.75. The van der Waals surface area contributed by atoms with Crippen LogP contribution in [0.3, 0.4) is 0 Å². The number of Topliss-reactive ketones (excluding diaryl/α,β-unsaturated/α-hetero) is 1. The van der Waals surface area contributed by atoms with E-state index in [-0.39, 0.29) is 11.7 Å². The van der Waals surface area contributed by atoms with Crippen LogP contribution in [0, 0.1) is 5.92 Å². The predicted molar refractivity (Wildman–Crippen MR) is 121 cm³/mol. The van der Waals surface area contributed by atoms with Crippen molar-refractivity contribution in [3.63, 3.8) is 0 Å². The summed E-state index contributed by atoms with van der Waals surface area (Å²) in [6.07, 6.45) is 3.71. The van der Waals surface area contributed by atoms with Crippen LogP contribution in [-0.4, -0.2) is 53.2 Å². The van der Waals surface area contributed by atoms with Crippen molar-refractivity contribution >= 4 is 40.1 Å². The second kappa shape index (κ2) is 9.94. The van der Waals surface area contributed by atoms with E-state index < -0.39 is 6.09 Å². The topological polar surface area (TPSA) is 87.3 Å². The Hall–Kier alpha value is -2.90. The summed E-state index contributed by atoms with van der Waals surface area (Å²) in [6, 6.07) is 12.6. The number of hydrogen-bond acceptors (Lipinski definition) is 5. The molecule has 0 bridgehead atoms. The summed E-state index contributed by atoms with van der Waals surface area (Å²) in [5.74, 6) is 0.260. The van der Waals surface area contributed by atoms with Gasteiger partial charge in [0, 0.05) is 34.1 Å². The lowest BCUT2D eigenvalue weighted by atomic mass is 9.89. The van der Waals surface area contributed by atoms with Gasteiger partial charge < -0.3 is 9.64 Å². The van der Waals surface area contributed by atoms with Gasteiger partial charge in [0.2, 0.25) is 0 Å². The molecule has 0 aliphatic carbocycles. The molecule has 2 heterocycles. The van der Waals surface area contributed by atoms with Crippen molar-refractivity contribution in [3.8, 4) is 0 Å². The van der Waals surface area contributed by atoms with Crippen LogP contribution in [0.2, 0.25) is 5.02 Å². The minimum atomic E-state index is -0.467. The summed E-state index contributed by atoms with van der Waals surface area (Å²) in [4.78, 5) is 26.9. The van der Waals surface area contributed by atoms with E-state index in [1.807, 2.05) is 18.2 Å². The van der Waals surface area contributed by atoms with E-state index in [4.69, 9.17) is 16.3 Å². The zero-order chi connectivity index (χ0) is 21.6. The molecule has 7 nitrogen and oxygen atoms in total. The molecule has 1 aliphatic heterocycles. The van der Waals surface area contributed by atoms with E-state index in [2.05, 4.69) is 20.4 Å². The van der Waals surface area contributed by atoms with Crippen molar-refractivity contribution in [1.29, 1.82) is 0 Å². The standard InChI is InChI=1S/C23H25ClN4O3/c24-19-5-2-16(3-6-19)22(29)17-8-11-28(12-9-17)10-1-13-31-23(30)26-20-7-4-18-15-25-27-21(18)14-20/h2-7,14-15,17H,1,8-13H2,(H,25,27)(H,26,30). The second-order valence-electron chi connectivity index (χ2n) is 7.77. The number of carbonyl (C=O) groups excluding carboxylic acids is 2. The number of aromatic nitrogens is 2. The minimum Gasteiger partial charge on any atom is -0.449 e. The number of H-pyrrole nitrogens is 1. The average Bonchev–Trinajstić information content (AvgIpc) is 3.25. The molecular weight excluding hydrogens is 416 g/mol. The number of hydrogen-bond donors (Lipinski definition) is 2. The smallest absolute Gasteiger partial charge is 0.411 e. The molecule has 162 valence electrons. The number of likely N-dealkylation sites (tertiary alicyclic amines) is 1. The quantitative estimate of drug-likeness (QED) is 0.409. The fourth-order valence-electron chi connectivity index (χ4n) is 3.89. The lowest BCUT2D eigenvalue weighted by Crippen LogP contribution is -2.37. The first kappa shape index (κ1) is 21.3. The van der Waals surface area contributed by atoms with Crippen molar-refractivity contribution in [2.24, 2.45) is 5.92 Å². The van der Waals surface area contributed by atoms with E-state index in [9.17, 15) is 9.59 Å². The summed E-state index contributed by atoms with van der Waals surface area (Å²) < 4.78 is 5.29. The van der Waals surface area contributed by atoms with E-state index in [0.717, 1.165) is 55.4 Å². The highest BCUT2D eigenvalue weighted by molar-refractivity contribution is 6.30. The Labute approximate surface area is 185 Å². The summed E-state index contributed by atoms with van der Waals surface area (Å²) in [7, 11) is 0. The van der Waals surface area contributed by atoms with Gasteiger partial charge in [-0.2, -0.15) is 5.10 Å². The maximum atomic E-state index is 12.6. The van der Waals surface area contributed by atoms with Crippen LogP contribution >= 0.6 is 11.6 Å². The van der Waals surface area contributed by atoms with E-state index in [1.165, 1.54) is 0 Å². The van der Waals surface area contributed by atoms with Crippen molar-refractivity contribution < 1.29 is 14.3 Å². The van der Waals surface area contributed by atoms with Crippen LogP contribution in [0.25, 0.3) is 10.9 Å². The van der Waals surface area contributed by atoms with Crippen molar-refractivity contribution in [2.45, 2.75) is 19.3 Å². The molecule has 4 rings (SSSR count). The molecule has 0 radical (unpaired) electrons. The van der Waals surface area contributed by atoms with Crippen molar-refractivity contribution in [2.75, 3.05) is 31.6 Å². The molecular formula is C23H25ClN4O3. The van der Waals surface area contributed by atoms with Gasteiger partial charge in [-0.05, 0) is 74.8 Å². The number of benzene rings is 2. The molecule has 1 amide bonds. The number of ketones is 1. The molecule has 1 aliphatic rings. The minimum absolute atomic E-state index is 0.0617. The molecule has 31 heavy (non-hydrogen) atoms. The summed E-state index contributed by atoms with van der Waals surface area (Å²) in [5.41, 5.74) is 2.25. The first-order valence-electron chi connectivity index (χ1n) is 10.5. The maximum Gasteiger partial charge on any atom is 0.411 e. The van der Waals surface area contributed by atoms with Gasteiger partial charge in [0.25, 0.3) is 0 Å². The molecule has 2 aromatic carbocycles. The second-order valence-corrected chi connectivity index (χ2v) is 8.21. The molecule has 1 aromatic heterocycles. The van der Waals surface area contributed by atoms with Gasteiger partial charge in [-0.1, -0.05) is 11.6 Å². The Morgan fingerprint density at radius 3 is 2.71 bits per heavy atom. The SMILES string of the molecule is O=C(Nc1ccc2cn[nH]c2c1)OCCCN1CCC(C(=O)c2ccc(Cl)cc2)CC1. The van der Waals surface area contributed by atoms with Gasteiger partial charge in [0.05, 0.1) is 18.3 Å². The monoisotopic (exact) mass is 440 g/mol. The van der Waals surface area contributed by atoms with Gasteiger partial charge in [-0.15, -0.1) is 0 Å². The number of nitrogens with zero attached hydrogens (tertiary/aromatic N) is 2. The highest BCUT2D eigenvalue weighted by Gasteiger charge is 2.25. The molecule has 0 atom stereocenters. The molecule has 0 saturated carbocycles. The van der Waals surface area contributed by atoms with E-state index >= 15 is 0 Å². The third kappa shape index (κ3) is 5.62. The Morgan fingerprint density at radius 2 is 1.94 bits per heavy atom. The Morgan fingerprint density at radius 1 is 1.16 bits per heavy atom. The lowest BCUT2D eigenvalue weighted by Gasteiger charge is -2.31. The van der Waals surface area contributed by atoms with Crippen molar-refractivity contribution in [3.05, 3.63) is 59.2 Å². The van der Waals surface area contributed by atoms with Crippen LogP contribution in [-0.2, 0) is 4.74 Å². The number of carbonyl (C=O) groups is 2. The Bertz CT molecular complexity index is 1040. The fraction of sp³-hybridized carbons (Fsp3) is 0.348. The highest BCUT2D eigenvalue weighted by atomic mass is 35.5. The number of fused-ring (bicyclic) bond motifs is 1. The summed E-state index contributed by atoms with van der Waals surface area (Å²) in [5, 5.41) is 11.2. The van der Waals surface area contributed by atoms with Gasteiger partial charge in [0.15, 0.2) is 5.78 Å². The molecule has 1 fully saturated rings. The number of ether oxygens (including phenoxy) is 1.